The van der Waals surface area contributed by atoms with E-state index < -0.39 is 4.92 Å². The quantitative estimate of drug-likeness (QED) is 0.599. The molecule has 0 bridgehead atoms. The fourth-order valence-electron chi connectivity index (χ4n) is 1.71. The molecule has 7 heteroatoms. The number of nitrogens with zero attached hydrogens (tertiary/aromatic N) is 1. The molecule has 1 amide bonds. The van der Waals surface area contributed by atoms with Gasteiger partial charge in [0.1, 0.15) is 0 Å². The first-order chi connectivity index (χ1) is 9.95. The van der Waals surface area contributed by atoms with Gasteiger partial charge in [0, 0.05) is 21.1 Å². The fourth-order valence-corrected chi connectivity index (χ4v) is 2.85. The third kappa shape index (κ3) is 4.37. The predicted octanol–water partition coefficient (Wildman–Crippen LogP) is 4.30. The van der Waals surface area contributed by atoms with Crippen LogP contribution in [0.3, 0.4) is 0 Å². The van der Waals surface area contributed by atoms with E-state index in [-0.39, 0.29) is 18.0 Å². The third-order valence-corrected chi connectivity index (χ3v) is 3.87. The van der Waals surface area contributed by atoms with Crippen molar-refractivity contribution in [2.24, 2.45) is 0 Å². The number of halogens is 2. The van der Waals surface area contributed by atoms with Gasteiger partial charge in [0.05, 0.1) is 17.0 Å². The Labute approximate surface area is 137 Å². The number of nitro benzene ring substituents is 1. The summed E-state index contributed by atoms with van der Waals surface area (Å²) in [6, 6.07) is 11.4. The molecule has 2 aromatic carbocycles. The minimum absolute atomic E-state index is 0.00909. The molecule has 0 aliphatic rings. The van der Waals surface area contributed by atoms with Gasteiger partial charge in [-0.25, -0.2) is 0 Å². The SMILES string of the molecule is O=C(Cc1ccc([N+](=O)[O-])cc1)Nc1ccc(Br)cc1Br. The highest BCUT2D eigenvalue weighted by atomic mass is 79.9. The van der Waals surface area contributed by atoms with Gasteiger partial charge >= 0.3 is 0 Å². The predicted molar refractivity (Wildman–Crippen MR) is 87.3 cm³/mol. The Hall–Kier alpha value is -1.73. The van der Waals surface area contributed by atoms with Gasteiger partial charge < -0.3 is 5.32 Å². The van der Waals surface area contributed by atoms with Crippen LogP contribution in [-0.4, -0.2) is 10.8 Å². The number of carbonyl (C=O) groups excluding carboxylic acids is 1. The summed E-state index contributed by atoms with van der Waals surface area (Å²) >= 11 is 6.70. The molecule has 108 valence electrons. The lowest BCUT2D eigenvalue weighted by molar-refractivity contribution is -0.384. The fraction of sp³-hybridized carbons (Fsp3) is 0.0714. The maximum absolute atomic E-state index is 12.0. The summed E-state index contributed by atoms with van der Waals surface area (Å²) in [7, 11) is 0. The van der Waals surface area contributed by atoms with Crippen LogP contribution in [0.5, 0.6) is 0 Å². The summed E-state index contributed by atoms with van der Waals surface area (Å²) in [5, 5.41) is 13.3. The van der Waals surface area contributed by atoms with Crippen LogP contribution < -0.4 is 5.32 Å². The molecule has 0 atom stereocenters. The molecule has 0 heterocycles. The molecule has 0 spiro atoms. The topological polar surface area (TPSA) is 72.2 Å². The van der Waals surface area contributed by atoms with Crippen LogP contribution in [0.15, 0.2) is 51.4 Å². The Kier molecular flexibility index (Phi) is 5.08. The van der Waals surface area contributed by atoms with Crippen LogP contribution >= 0.6 is 31.9 Å². The minimum Gasteiger partial charge on any atom is -0.325 e. The zero-order valence-electron chi connectivity index (χ0n) is 10.7. The zero-order valence-corrected chi connectivity index (χ0v) is 13.8. The lowest BCUT2D eigenvalue weighted by Crippen LogP contribution is -2.14. The van der Waals surface area contributed by atoms with Crippen molar-refractivity contribution in [2.75, 3.05) is 5.32 Å². The molecule has 2 rings (SSSR count). The summed E-state index contributed by atoms with van der Waals surface area (Å²) in [5.41, 5.74) is 1.39. The molecule has 0 radical (unpaired) electrons. The zero-order chi connectivity index (χ0) is 15.4. The van der Waals surface area contributed by atoms with Crippen LogP contribution in [0.4, 0.5) is 11.4 Å². The molecule has 0 aliphatic carbocycles. The standard InChI is InChI=1S/C14H10Br2N2O3/c15-10-3-6-13(12(16)8-10)17-14(19)7-9-1-4-11(5-2-9)18(20)21/h1-6,8H,7H2,(H,17,19). The molecule has 0 fully saturated rings. The maximum atomic E-state index is 12.0. The first-order valence-electron chi connectivity index (χ1n) is 5.94. The summed E-state index contributed by atoms with van der Waals surface area (Å²) < 4.78 is 1.68. The summed E-state index contributed by atoms with van der Waals surface area (Å²) in [6.07, 6.45) is 0.153. The number of carbonyl (C=O) groups is 1. The number of non-ortho nitro benzene ring substituents is 1. The van der Waals surface area contributed by atoms with Gasteiger partial charge in [-0.1, -0.05) is 28.1 Å². The van der Waals surface area contributed by atoms with Gasteiger partial charge in [0.15, 0.2) is 0 Å². The van der Waals surface area contributed by atoms with E-state index in [1.807, 2.05) is 12.1 Å². The van der Waals surface area contributed by atoms with Crippen molar-refractivity contribution in [3.05, 3.63) is 67.1 Å². The molecule has 1 N–H and O–H groups in total. The van der Waals surface area contributed by atoms with E-state index >= 15 is 0 Å². The molecule has 0 unspecified atom stereocenters. The van der Waals surface area contributed by atoms with Crippen molar-refractivity contribution in [3.63, 3.8) is 0 Å². The molecule has 0 aromatic heterocycles. The first kappa shape index (κ1) is 15.7. The van der Waals surface area contributed by atoms with E-state index in [0.717, 1.165) is 8.95 Å². The summed E-state index contributed by atoms with van der Waals surface area (Å²) in [4.78, 5) is 22.0. The Balaban J connectivity index is 2.02. The molecular formula is C14H10Br2N2O3. The van der Waals surface area contributed by atoms with E-state index in [1.165, 1.54) is 12.1 Å². The number of nitro groups is 1. The molecule has 0 saturated carbocycles. The Morgan fingerprint density at radius 3 is 2.38 bits per heavy atom. The average Bonchev–Trinajstić information content (AvgIpc) is 2.42. The number of benzene rings is 2. The largest absolute Gasteiger partial charge is 0.325 e. The van der Waals surface area contributed by atoms with Crippen molar-refractivity contribution >= 4 is 49.1 Å². The highest BCUT2D eigenvalue weighted by Gasteiger charge is 2.09. The molecule has 0 aliphatic heterocycles. The van der Waals surface area contributed by atoms with Crippen LogP contribution in [0.2, 0.25) is 0 Å². The van der Waals surface area contributed by atoms with Crippen molar-refractivity contribution in [2.45, 2.75) is 6.42 Å². The van der Waals surface area contributed by atoms with Crippen molar-refractivity contribution in [1.82, 2.24) is 0 Å². The average molecular weight is 414 g/mol. The van der Waals surface area contributed by atoms with Gasteiger partial charge in [-0.2, -0.15) is 0 Å². The van der Waals surface area contributed by atoms with Crippen LogP contribution in [0.25, 0.3) is 0 Å². The number of hydrogen-bond donors (Lipinski definition) is 1. The smallest absolute Gasteiger partial charge is 0.269 e. The van der Waals surface area contributed by atoms with Gasteiger partial charge in [0.25, 0.3) is 5.69 Å². The molecule has 2 aromatic rings. The van der Waals surface area contributed by atoms with Crippen molar-refractivity contribution in [1.29, 1.82) is 0 Å². The monoisotopic (exact) mass is 412 g/mol. The van der Waals surface area contributed by atoms with E-state index in [1.54, 1.807) is 18.2 Å². The van der Waals surface area contributed by atoms with Crippen molar-refractivity contribution < 1.29 is 9.72 Å². The van der Waals surface area contributed by atoms with E-state index in [4.69, 9.17) is 0 Å². The molecular weight excluding hydrogens is 404 g/mol. The number of rotatable bonds is 4. The Morgan fingerprint density at radius 1 is 1.14 bits per heavy atom. The summed E-state index contributed by atoms with van der Waals surface area (Å²) in [5.74, 6) is -0.188. The number of amides is 1. The van der Waals surface area contributed by atoms with E-state index in [0.29, 0.717) is 11.3 Å². The second-order valence-electron chi connectivity index (χ2n) is 4.27. The van der Waals surface area contributed by atoms with Gasteiger partial charge in [-0.15, -0.1) is 0 Å². The lowest BCUT2D eigenvalue weighted by atomic mass is 10.1. The minimum atomic E-state index is -0.469. The molecule has 0 saturated heterocycles. The second kappa shape index (κ2) is 6.82. The highest BCUT2D eigenvalue weighted by molar-refractivity contribution is 9.11. The number of hydrogen-bond acceptors (Lipinski definition) is 3. The van der Waals surface area contributed by atoms with Gasteiger partial charge in [0.2, 0.25) is 5.91 Å². The number of anilines is 1. The molecule has 21 heavy (non-hydrogen) atoms. The molecule has 5 nitrogen and oxygen atoms in total. The van der Waals surface area contributed by atoms with Crippen LogP contribution in [0, 0.1) is 10.1 Å². The first-order valence-corrected chi connectivity index (χ1v) is 7.52. The second-order valence-corrected chi connectivity index (χ2v) is 6.04. The van der Waals surface area contributed by atoms with Gasteiger partial charge in [-0.05, 0) is 39.7 Å². The van der Waals surface area contributed by atoms with Gasteiger partial charge in [-0.3, -0.25) is 14.9 Å². The van der Waals surface area contributed by atoms with Crippen LogP contribution in [0.1, 0.15) is 5.56 Å². The van der Waals surface area contributed by atoms with Crippen molar-refractivity contribution in [3.8, 4) is 0 Å². The maximum Gasteiger partial charge on any atom is 0.269 e. The number of nitrogens with one attached hydrogen (secondary N) is 1. The Morgan fingerprint density at radius 2 is 1.81 bits per heavy atom. The normalized spacial score (nSPS) is 10.2. The third-order valence-electron chi connectivity index (χ3n) is 2.72. The van der Waals surface area contributed by atoms with Crippen LogP contribution in [-0.2, 0) is 11.2 Å². The highest BCUT2D eigenvalue weighted by Crippen LogP contribution is 2.26. The lowest BCUT2D eigenvalue weighted by Gasteiger charge is -2.07. The summed E-state index contributed by atoms with van der Waals surface area (Å²) in [6.45, 7) is 0. The van der Waals surface area contributed by atoms with E-state index in [9.17, 15) is 14.9 Å². The Bertz CT molecular complexity index is 687. The van der Waals surface area contributed by atoms with E-state index in [2.05, 4.69) is 37.2 Å².